The minimum Gasteiger partial charge on any atom is -0.327 e. The molecule has 0 fully saturated rings. The fourth-order valence-electron chi connectivity index (χ4n) is 1.16. The summed E-state index contributed by atoms with van der Waals surface area (Å²) in [6.07, 6.45) is 0. The molecule has 13 heavy (non-hydrogen) atoms. The van der Waals surface area contributed by atoms with Crippen molar-refractivity contribution in [1.29, 1.82) is 0 Å². The summed E-state index contributed by atoms with van der Waals surface area (Å²) in [5, 5.41) is 0. The minimum atomic E-state index is 0.301. The molecular formula is C11H17NS. The topological polar surface area (TPSA) is 26.0 Å². The van der Waals surface area contributed by atoms with Gasteiger partial charge in [-0.1, -0.05) is 29.8 Å². The molecule has 1 rings (SSSR count). The van der Waals surface area contributed by atoms with Gasteiger partial charge in [0.15, 0.2) is 0 Å². The smallest absolute Gasteiger partial charge is 0.0185 e. The molecule has 72 valence electrons. The van der Waals surface area contributed by atoms with Gasteiger partial charge in [0, 0.05) is 17.5 Å². The van der Waals surface area contributed by atoms with E-state index in [2.05, 4.69) is 31.2 Å². The average molecular weight is 195 g/mol. The van der Waals surface area contributed by atoms with Crippen molar-refractivity contribution in [3.63, 3.8) is 0 Å². The lowest BCUT2D eigenvalue weighted by atomic mass is 10.2. The zero-order valence-electron chi connectivity index (χ0n) is 8.29. The number of nitrogens with two attached hydrogens (primary N) is 1. The Hall–Kier alpha value is -0.470. The highest BCUT2D eigenvalue weighted by Gasteiger charge is 1.96. The molecule has 0 aliphatic heterocycles. The van der Waals surface area contributed by atoms with E-state index in [9.17, 15) is 0 Å². The van der Waals surface area contributed by atoms with Gasteiger partial charge < -0.3 is 5.73 Å². The van der Waals surface area contributed by atoms with Crippen LogP contribution in [0.2, 0.25) is 0 Å². The van der Waals surface area contributed by atoms with Crippen molar-refractivity contribution in [2.75, 3.05) is 5.75 Å². The van der Waals surface area contributed by atoms with Gasteiger partial charge in [-0.3, -0.25) is 0 Å². The van der Waals surface area contributed by atoms with Crippen LogP contribution in [0.5, 0.6) is 0 Å². The number of thioether (sulfide) groups is 1. The highest BCUT2D eigenvalue weighted by molar-refractivity contribution is 7.98. The van der Waals surface area contributed by atoms with Crippen LogP contribution in [0.25, 0.3) is 0 Å². The summed E-state index contributed by atoms with van der Waals surface area (Å²) >= 11 is 1.90. The SMILES string of the molecule is Cc1cccc(CSC[C@@H](C)N)c1. The van der Waals surface area contributed by atoms with Crippen molar-refractivity contribution in [2.24, 2.45) is 5.73 Å². The van der Waals surface area contributed by atoms with E-state index in [4.69, 9.17) is 5.73 Å². The lowest BCUT2D eigenvalue weighted by Gasteiger charge is -2.05. The Bertz CT molecular complexity index is 258. The second-order valence-corrected chi connectivity index (χ2v) is 4.51. The normalized spacial score (nSPS) is 12.8. The monoisotopic (exact) mass is 195 g/mol. The van der Waals surface area contributed by atoms with Crippen molar-refractivity contribution in [3.05, 3.63) is 35.4 Å². The van der Waals surface area contributed by atoms with E-state index >= 15 is 0 Å². The molecule has 1 atom stereocenters. The molecule has 1 nitrogen and oxygen atoms in total. The summed E-state index contributed by atoms with van der Waals surface area (Å²) in [6.45, 7) is 4.17. The van der Waals surface area contributed by atoms with E-state index in [1.807, 2.05) is 18.7 Å². The first kappa shape index (κ1) is 10.6. The van der Waals surface area contributed by atoms with Gasteiger partial charge in [0.1, 0.15) is 0 Å². The van der Waals surface area contributed by atoms with Crippen LogP contribution in [0.15, 0.2) is 24.3 Å². The quantitative estimate of drug-likeness (QED) is 0.799. The summed E-state index contributed by atoms with van der Waals surface area (Å²) < 4.78 is 0. The zero-order valence-corrected chi connectivity index (χ0v) is 9.10. The van der Waals surface area contributed by atoms with Gasteiger partial charge in [0.05, 0.1) is 0 Å². The molecule has 0 unspecified atom stereocenters. The maximum atomic E-state index is 5.67. The fraction of sp³-hybridized carbons (Fsp3) is 0.455. The van der Waals surface area contributed by atoms with Crippen molar-refractivity contribution in [2.45, 2.75) is 25.6 Å². The van der Waals surface area contributed by atoms with Crippen molar-refractivity contribution >= 4 is 11.8 Å². The molecule has 0 aliphatic rings. The third-order valence-electron chi connectivity index (χ3n) is 1.73. The van der Waals surface area contributed by atoms with Crippen molar-refractivity contribution < 1.29 is 0 Å². The van der Waals surface area contributed by atoms with E-state index in [0.717, 1.165) is 11.5 Å². The number of hydrogen-bond donors (Lipinski definition) is 1. The predicted octanol–water partition coefficient (Wildman–Crippen LogP) is 2.58. The fourth-order valence-corrected chi connectivity index (χ4v) is 2.07. The highest BCUT2D eigenvalue weighted by atomic mass is 32.2. The molecule has 0 saturated heterocycles. The molecule has 2 heteroatoms. The molecule has 1 aromatic carbocycles. The van der Waals surface area contributed by atoms with Gasteiger partial charge in [-0.15, -0.1) is 0 Å². The average Bonchev–Trinajstić information content (AvgIpc) is 2.03. The first-order chi connectivity index (χ1) is 6.18. The maximum absolute atomic E-state index is 5.67. The summed E-state index contributed by atoms with van der Waals surface area (Å²) in [6, 6.07) is 8.93. The summed E-state index contributed by atoms with van der Waals surface area (Å²) in [5.74, 6) is 2.11. The van der Waals surface area contributed by atoms with Crippen LogP contribution in [0.4, 0.5) is 0 Å². The van der Waals surface area contributed by atoms with Crippen molar-refractivity contribution in [1.82, 2.24) is 0 Å². The predicted molar refractivity (Wildman–Crippen MR) is 61.0 cm³/mol. The molecular weight excluding hydrogens is 178 g/mol. The Balaban J connectivity index is 2.37. The lowest BCUT2D eigenvalue weighted by molar-refractivity contribution is 0.847. The molecule has 0 saturated carbocycles. The van der Waals surface area contributed by atoms with Crippen LogP contribution >= 0.6 is 11.8 Å². The Morgan fingerprint density at radius 2 is 2.23 bits per heavy atom. The highest BCUT2D eigenvalue weighted by Crippen LogP contribution is 2.13. The van der Waals surface area contributed by atoms with E-state index in [1.165, 1.54) is 11.1 Å². The van der Waals surface area contributed by atoms with E-state index < -0.39 is 0 Å². The van der Waals surface area contributed by atoms with E-state index in [0.29, 0.717) is 6.04 Å². The van der Waals surface area contributed by atoms with Crippen LogP contribution < -0.4 is 5.73 Å². The first-order valence-electron chi connectivity index (χ1n) is 4.57. The van der Waals surface area contributed by atoms with Gasteiger partial charge >= 0.3 is 0 Å². The van der Waals surface area contributed by atoms with Crippen LogP contribution in [0.3, 0.4) is 0 Å². The number of hydrogen-bond acceptors (Lipinski definition) is 2. The van der Waals surface area contributed by atoms with Gasteiger partial charge in [0.2, 0.25) is 0 Å². The van der Waals surface area contributed by atoms with Gasteiger partial charge in [-0.2, -0.15) is 11.8 Å². The molecule has 2 N–H and O–H groups in total. The van der Waals surface area contributed by atoms with Crippen LogP contribution in [0, 0.1) is 6.92 Å². The summed E-state index contributed by atoms with van der Waals surface area (Å²) in [5.41, 5.74) is 8.39. The van der Waals surface area contributed by atoms with Crippen LogP contribution in [-0.2, 0) is 5.75 Å². The third kappa shape index (κ3) is 4.34. The van der Waals surface area contributed by atoms with E-state index in [1.54, 1.807) is 0 Å². The second kappa shape index (κ2) is 5.30. The Labute approximate surface area is 84.7 Å². The minimum absolute atomic E-state index is 0.301. The maximum Gasteiger partial charge on any atom is 0.0185 e. The molecule has 0 bridgehead atoms. The van der Waals surface area contributed by atoms with Crippen LogP contribution in [0.1, 0.15) is 18.1 Å². The largest absolute Gasteiger partial charge is 0.327 e. The molecule has 0 aliphatic carbocycles. The Morgan fingerprint density at radius 3 is 2.85 bits per heavy atom. The number of aryl methyl sites for hydroxylation is 1. The van der Waals surface area contributed by atoms with Gasteiger partial charge in [-0.05, 0) is 19.4 Å². The number of rotatable bonds is 4. The van der Waals surface area contributed by atoms with Gasteiger partial charge in [0.25, 0.3) is 0 Å². The molecule has 0 spiro atoms. The second-order valence-electron chi connectivity index (χ2n) is 3.48. The molecule has 0 amide bonds. The molecule has 0 aromatic heterocycles. The molecule has 1 aromatic rings. The standard InChI is InChI=1S/C11H17NS/c1-9-4-3-5-11(6-9)8-13-7-10(2)12/h3-6,10H,7-8,12H2,1-2H3/t10-/m1/s1. The molecule has 0 heterocycles. The summed E-state index contributed by atoms with van der Waals surface area (Å²) in [7, 11) is 0. The number of benzene rings is 1. The summed E-state index contributed by atoms with van der Waals surface area (Å²) in [4.78, 5) is 0. The van der Waals surface area contributed by atoms with Crippen LogP contribution in [-0.4, -0.2) is 11.8 Å². The lowest BCUT2D eigenvalue weighted by Crippen LogP contribution is -2.17. The first-order valence-corrected chi connectivity index (χ1v) is 5.73. The third-order valence-corrected chi connectivity index (χ3v) is 3.03. The molecule has 0 radical (unpaired) electrons. The van der Waals surface area contributed by atoms with Crippen molar-refractivity contribution in [3.8, 4) is 0 Å². The Morgan fingerprint density at radius 1 is 1.46 bits per heavy atom. The van der Waals surface area contributed by atoms with E-state index in [-0.39, 0.29) is 0 Å². The Kier molecular flexibility index (Phi) is 4.33. The van der Waals surface area contributed by atoms with Gasteiger partial charge in [-0.25, -0.2) is 0 Å². The zero-order chi connectivity index (χ0) is 9.68.